The Bertz CT molecular complexity index is 443. The number of hydrogen-bond acceptors (Lipinski definition) is 3. The Morgan fingerprint density at radius 1 is 1.15 bits per heavy atom. The maximum Gasteiger partial charge on any atom is 0.237 e. The van der Waals surface area contributed by atoms with Crippen molar-refractivity contribution in [2.24, 2.45) is 5.73 Å². The molecule has 5 heteroatoms. The van der Waals surface area contributed by atoms with Crippen LogP contribution in [0.1, 0.15) is 38.2 Å². The molecule has 0 aliphatic heterocycles. The molecule has 1 aromatic carbocycles. The van der Waals surface area contributed by atoms with Crippen LogP contribution in [0.4, 0.5) is 5.69 Å². The summed E-state index contributed by atoms with van der Waals surface area (Å²) in [5, 5.41) is 0. The number of unbranched alkanes of at least 4 members (excludes halogenated alkanes) is 2. The number of carbonyl (C=O) groups excluding carboxylic acids is 2. The lowest BCUT2D eigenvalue weighted by molar-refractivity contribution is -0.135. The highest BCUT2D eigenvalue weighted by Gasteiger charge is 2.15. The maximum absolute atomic E-state index is 12.1. The van der Waals surface area contributed by atoms with Gasteiger partial charge < -0.3 is 16.4 Å². The molecular formula is C15H23N3O2. The lowest BCUT2D eigenvalue weighted by Gasteiger charge is -2.21. The van der Waals surface area contributed by atoms with E-state index in [1.54, 1.807) is 12.1 Å². The molecule has 5 nitrogen and oxygen atoms in total. The summed E-state index contributed by atoms with van der Waals surface area (Å²) in [5.74, 6) is -0.529. The molecule has 0 aliphatic rings. The molecule has 0 atom stereocenters. The van der Waals surface area contributed by atoms with Crippen LogP contribution in [0.25, 0.3) is 0 Å². The molecule has 0 saturated carbocycles. The smallest absolute Gasteiger partial charge is 0.237 e. The van der Waals surface area contributed by atoms with Crippen molar-refractivity contribution >= 4 is 17.5 Å². The van der Waals surface area contributed by atoms with E-state index in [9.17, 15) is 9.59 Å². The Balaban J connectivity index is 2.65. The molecule has 0 bridgehead atoms. The Hall–Kier alpha value is -2.04. The third-order valence-corrected chi connectivity index (χ3v) is 3.05. The fraction of sp³-hybridized carbons (Fsp3) is 0.467. The fourth-order valence-electron chi connectivity index (χ4n) is 1.95. The van der Waals surface area contributed by atoms with Crippen molar-refractivity contribution in [2.75, 3.05) is 12.3 Å². The van der Waals surface area contributed by atoms with Gasteiger partial charge in [-0.25, -0.2) is 0 Å². The number of anilines is 1. The monoisotopic (exact) mass is 277 g/mol. The number of hydrogen-bond donors (Lipinski definition) is 2. The summed E-state index contributed by atoms with van der Waals surface area (Å²) >= 11 is 0. The number of amides is 2. The molecule has 0 radical (unpaired) electrons. The number of benzene rings is 1. The summed E-state index contributed by atoms with van der Waals surface area (Å²) in [6.07, 6.45) is 3.36. The van der Waals surface area contributed by atoms with Crippen LogP contribution in [0, 0.1) is 0 Å². The normalized spacial score (nSPS) is 10.2. The van der Waals surface area contributed by atoms with Gasteiger partial charge in [0, 0.05) is 18.7 Å². The maximum atomic E-state index is 12.1. The second-order valence-electron chi connectivity index (χ2n) is 4.91. The Morgan fingerprint density at radius 2 is 1.80 bits per heavy atom. The molecule has 110 valence electrons. The number of carbonyl (C=O) groups is 2. The van der Waals surface area contributed by atoms with Crippen LogP contribution in [0.2, 0.25) is 0 Å². The third kappa shape index (κ3) is 5.73. The lowest BCUT2D eigenvalue weighted by Crippen LogP contribution is -2.37. The van der Waals surface area contributed by atoms with Gasteiger partial charge in [-0.3, -0.25) is 9.59 Å². The third-order valence-electron chi connectivity index (χ3n) is 3.05. The van der Waals surface area contributed by atoms with E-state index < -0.39 is 5.91 Å². The van der Waals surface area contributed by atoms with E-state index >= 15 is 0 Å². The van der Waals surface area contributed by atoms with Crippen molar-refractivity contribution in [2.45, 2.75) is 39.2 Å². The quantitative estimate of drug-likeness (QED) is 0.559. The summed E-state index contributed by atoms with van der Waals surface area (Å²) in [6.45, 7) is 2.42. The van der Waals surface area contributed by atoms with Gasteiger partial charge in [-0.2, -0.15) is 0 Å². The van der Waals surface area contributed by atoms with Crippen molar-refractivity contribution in [3.05, 3.63) is 29.8 Å². The first-order valence-electron chi connectivity index (χ1n) is 6.93. The van der Waals surface area contributed by atoms with E-state index in [1.165, 1.54) is 4.90 Å². The Morgan fingerprint density at radius 3 is 2.35 bits per heavy atom. The van der Waals surface area contributed by atoms with Gasteiger partial charge >= 0.3 is 0 Å². The minimum atomic E-state index is -0.496. The molecule has 1 rings (SSSR count). The summed E-state index contributed by atoms with van der Waals surface area (Å²) < 4.78 is 0. The molecule has 4 N–H and O–H groups in total. The molecule has 0 aliphatic carbocycles. The molecule has 0 fully saturated rings. The van der Waals surface area contributed by atoms with Crippen LogP contribution in [0.3, 0.4) is 0 Å². The molecule has 0 spiro atoms. The zero-order valence-electron chi connectivity index (χ0n) is 12.0. The molecule has 1 aromatic rings. The van der Waals surface area contributed by atoms with Gasteiger partial charge in [0.15, 0.2) is 0 Å². The van der Waals surface area contributed by atoms with E-state index in [-0.39, 0.29) is 12.5 Å². The summed E-state index contributed by atoms with van der Waals surface area (Å²) in [7, 11) is 0. The van der Waals surface area contributed by atoms with Crippen LogP contribution in [-0.4, -0.2) is 23.3 Å². The highest BCUT2D eigenvalue weighted by Crippen LogP contribution is 2.11. The molecule has 0 unspecified atom stereocenters. The number of nitrogens with zero attached hydrogens (tertiary/aromatic N) is 1. The van der Waals surface area contributed by atoms with Gasteiger partial charge in [-0.15, -0.1) is 0 Å². The van der Waals surface area contributed by atoms with Crippen molar-refractivity contribution in [3.63, 3.8) is 0 Å². The highest BCUT2D eigenvalue weighted by atomic mass is 16.2. The van der Waals surface area contributed by atoms with Gasteiger partial charge in [-0.05, 0) is 24.1 Å². The van der Waals surface area contributed by atoms with E-state index in [4.69, 9.17) is 11.5 Å². The number of nitrogen functional groups attached to an aromatic ring is 1. The zero-order valence-corrected chi connectivity index (χ0v) is 12.0. The first-order chi connectivity index (χ1) is 9.52. The number of nitrogens with two attached hydrogens (primary N) is 2. The number of rotatable bonds is 8. The summed E-state index contributed by atoms with van der Waals surface area (Å²) in [6, 6.07) is 7.25. The molecule has 2 amide bonds. The van der Waals surface area contributed by atoms with Gasteiger partial charge in [0.25, 0.3) is 0 Å². The van der Waals surface area contributed by atoms with Crippen LogP contribution >= 0.6 is 0 Å². The van der Waals surface area contributed by atoms with E-state index in [1.807, 2.05) is 12.1 Å². The first-order valence-corrected chi connectivity index (χ1v) is 6.93. The second-order valence-corrected chi connectivity index (χ2v) is 4.91. The molecule has 0 heterocycles. The van der Waals surface area contributed by atoms with Gasteiger partial charge in [-0.1, -0.05) is 31.9 Å². The van der Waals surface area contributed by atoms with E-state index in [0.29, 0.717) is 18.7 Å². The van der Waals surface area contributed by atoms with Gasteiger partial charge in [0.05, 0.1) is 6.54 Å². The van der Waals surface area contributed by atoms with Crippen molar-refractivity contribution < 1.29 is 9.59 Å². The standard InChI is InChI=1S/C15H23N3O2/c1-2-3-4-5-15(20)18(11-14(17)19)10-12-6-8-13(16)9-7-12/h6-9H,2-5,10-11,16H2,1H3,(H2,17,19). The number of primary amides is 1. The lowest BCUT2D eigenvalue weighted by atomic mass is 10.1. The Labute approximate surface area is 119 Å². The summed E-state index contributed by atoms with van der Waals surface area (Å²) in [5.41, 5.74) is 12.4. The van der Waals surface area contributed by atoms with Crippen molar-refractivity contribution in [1.82, 2.24) is 4.90 Å². The minimum Gasteiger partial charge on any atom is -0.399 e. The Kier molecular flexibility index (Phi) is 6.56. The molecule has 0 saturated heterocycles. The van der Waals surface area contributed by atoms with Gasteiger partial charge in [0.1, 0.15) is 0 Å². The van der Waals surface area contributed by atoms with Gasteiger partial charge in [0.2, 0.25) is 11.8 Å². The van der Waals surface area contributed by atoms with Crippen molar-refractivity contribution in [1.29, 1.82) is 0 Å². The van der Waals surface area contributed by atoms with Crippen LogP contribution in [0.5, 0.6) is 0 Å². The average Bonchev–Trinajstić information content (AvgIpc) is 2.40. The zero-order chi connectivity index (χ0) is 15.0. The molecular weight excluding hydrogens is 254 g/mol. The second kappa shape index (κ2) is 8.19. The fourth-order valence-corrected chi connectivity index (χ4v) is 1.95. The minimum absolute atomic E-state index is 0.0333. The molecule has 0 aromatic heterocycles. The topological polar surface area (TPSA) is 89.4 Å². The van der Waals surface area contributed by atoms with Crippen LogP contribution in [0.15, 0.2) is 24.3 Å². The van der Waals surface area contributed by atoms with Crippen LogP contribution < -0.4 is 11.5 Å². The molecule has 20 heavy (non-hydrogen) atoms. The van der Waals surface area contributed by atoms with E-state index in [2.05, 4.69) is 6.92 Å². The predicted octanol–water partition coefficient (Wildman–Crippen LogP) is 1.66. The summed E-state index contributed by atoms with van der Waals surface area (Å²) in [4.78, 5) is 24.7. The van der Waals surface area contributed by atoms with Crippen LogP contribution in [-0.2, 0) is 16.1 Å². The van der Waals surface area contributed by atoms with E-state index in [0.717, 1.165) is 24.8 Å². The first kappa shape index (κ1) is 16.0. The SMILES string of the molecule is CCCCCC(=O)N(CC(N)=O)Cc1ccc(N)cc1. The predicted molar refractivity (Wildman–Crippen MR) is 79.6 cm³/mol. The highest BCUT2D eigenvalue weighted by molar-refractivity contribution is 5.83. The average molecular weight is 277 g/mol. The largest absolute Gasteiger partial charge is 0.399 e. The van der Waals surface area contributed by atoms with Crippen molar-refractivity contribution in [3.8, 4) is 0 Å².